The number of benzene rings is 1. The summed E-state index contributed by atoms with van der Waals surface area (Å²) in [4.78, 5) is 11.5. The standard InChI is InChI=1S/C15H22F2N2O2/c1-15(2,10-20)6-3-7-18-14(21)19-9-11-8-12(16)4-5-13(11)17/h4-5,8,20H,3,6-7,9-10H2,1-2H3,(H2,18,19,21). The van der Waals surface area contributed by atoms with E-state index in [1.165, 1.54) is 0 Å². The summed E-state index contributed by atoms with van der Waals surface area (Å²) in [5, 5.41) is 14.2. The van der Waals surface area contributed by atoms with Gasteiger partial charge >= 0.3 is 6.03 Å². The Bertz CT molecular complexity index is 479. The van der Waals surface area contributed by atoms with Gasteiger partial charge in [0, 0.05) is 25.3 Å². The van der Waals surface area contributed by atoms with Gasteiger partial charge in [-0.25, -0.2) is 13.6 Å². The monoisotopic (exact) mass is 300 g/mol. The Labute approximate surface area is 123 Å². The van der Waals surface area contributed by atoms with Gasteiger partial charge in [0.2, 0.25) is 0 Å². The molecule has 0 radical (unpaired) electrons. The highest BCUT2D eigenvalue weighted by atomic mass is 19.1. The number of hydrogen-bond donors (Lipinski definition) is 3. The molecule has 0 spiro atoms. The molecule has 1 rings (SSSR count). The minimum atomic E-state index is -0.554. The molecule has 118 valence electrons. The average Bonchev–Trinajstić information content (AvgIpc) is 2.44. The van der Waals surface area contributed by atoms with Crippen LogP contribution in [0, 0.1) is 17.0 Å². The summed E-state index contributed by atoms with van der Waals surface area (Å²) >= 11 is 0. The molecule has 1 aromatic rings. The SMILES string of the molecule is CC(C)(CO)CCCNC(=O)NCc1cc(F)ccc1F. The molecule has 1 aromatic carbocycles. The number of halogens is 2. The lowest BCUT2D eigenvalue weighted by molar-refractivity contribution is 0.148. The first kappa shape index (κ1) is 17.4. The summed E-state index contributed by atoms with van der Waals surface area (Å²) in [7, 11) is 0. The molecular formula is C15H22F2N2O2. The van der Waals surface area contributed by atoms with Crippen molar-refractivity contribution in [3.8, 4) is 0 Å². The lowest BCUT2D eigenvalue weighted by atomic mass is 9.89. The van der Waals surface area contributed by atoms with Crippen LogP contribution in [0.25, 0.3) is 0 Å². The van der Waals surface area contributed by atoms with Gasteiger partial charge < -0.3 is 15.7 Å². The number of rotatable bonds is 7. The number of hydrogen-bond acceptors (Lipinski definition) is 2. The van der Waals surface area contributed by atoms with Crippen molar-refractivity contribution >= 4 is 6.03 Å². The Hall–Kier alpha value is -1.69. The molecule has 6 heteroatoms. The van der Waals surface area contributed by atoms with Crippen molar-refractivity contribution < 1.29 is 18.7 Å². The third-order valence-electron chi connectivity index (χ3n) is 3.19. The molecule has 2 amide bonds. The number of aliphatic hydroxyl groups is 1. The van der Waals surface area contributed by atoms with Crippen molar-refractivity contribution in [3.05, 3.63) is 35.4 Å². The number of urea groups is 1. The Morgan fingerprint density at radius 2 is 2.00 bits per heavy atom. The minimum absolute atomic E-state index is 0.0719. The molecule has 0 bridgehead atoms. The highest BCUT2D eigenvalue weighted by molar-refractivity contribution is 5.73. The van der Waals surface area contributed by atoms with E-state index in [9.17, 15) is 13.6 Å². The van der Waals surface area contributed by atoms with Crippen molar-refractivity contribution in [3.63, 3.8) is 0 Å². The van der Waals surface area contributed by atoms with Gasteiger partial charge in [0.1, 0.15) is 11.6 Å². The molecule has 0 aromatic heterocycles. The lowest BCUT2D eigenvalue weighted by Crippen LogP contribution is -2.36. The average molecular weight is 300 g/mol. The second-order valence-corrected chi connectivity index (χ2v) is 5.77. The van der Waals surface area contributed by atoms with E-state index in [4.69, 9.17) is 5.11 Å². The zero-order valence-corrected chi connectivity index (χ0v) is 12.4. The Morgan fingerprint density at radius 1 is 1.29 bits per heavy atom. The van der Waals surface area contributed by atoms with E-state index >= 15 is 0 Å². The topological polar surface area (TPSA) is 61.4 Å². The summed E-state index contributed by atoms with van der Waals surface area (Å²) in [6.07, 6.45) is 1.51. The maximum atomic E-state index is 13.3. The normalized spacial score (nSPS) is 11.3. The Morgan fingerprint density at radius 3 is 2.67 bits per heavy atom. The van der Waals surface area contributed by atoms with Crippen LogP contribution >= 0.6 is 0 Å². The van der Waals surface area contributed by atoms with E-state index in [0.29, 0.717) is 6.54 Å². The lowest BCUT2D eigenvalue weighted by Gasteiger charge is -2.21. The third kappa shape index (κ3) is 6.53. The van der Waals surface area contributed by atoms with Crippen LogP contribution in [-0.4, -0.2) is 24.3 Å². The van der Waals surface area contributed by atoms with Gasteiger partial charge in [0.05, 0.1) is 0 Å². The highest BCUT2D eigenvalue weighted by Gasteiger charge is 2.15. The van der Waals surface area contributed by atoms with Crippen LogP contribution in [-0.2, 0) is 6.54 Å². The van der Waals surface area contributed by atoms with Gasteiger partial charge in [0.15, 0.2) is 0 Å². The summed E-state index contributed by atoms with van der Waals surface area (Å²) < 4.78 is 26.3. The molecule has 3 N–H and O–H groups in total. The molecule has 0 atom stereocenters. The zero-order valence-electron chi connectivity index (χ0n) is 12.4. The smallest absolute Gasteiger partial charge is 0.315 e. The number of aliphatic hydroxyl groups excluding tert-OH is 1. The second-order valence-electron chi connectivity index (χ2n) is 5.77. The molecule has 0 aliphatic rings. The predicted molar refractivity (Wildman–Crippen MR) is 76.7 cm³/mol. The highest BCUT2D eigenvalue weighted by Crippen LogP contribution is 2.20. The van der Waals surface area contributed by atoms with Crippen LogP contribution in [0.1, 0.15) is 32.3 Å². The van der Waals surface area contributed by atoms with Crippen LogP contribution in [0.4, 0.5) is 13.6 Å². The van der Waals surface area contributed by atoms with Gasteiger partial charge in [-0.3, -0.25) is 0 Å². The summed E-state index contributed by atoms with van der Waals surface area (Å²) in [6.45, 7) is 4.37. The van der Waals surface area contributed by atoms with Gasteiger partial charge in [0.25, 0.3) is 0 Å². The Kier molecular flexibility index (Phi) is 6.55. The van der Waals surface area contributed by atoms with E-state index in [1.807, 2.05) is 13.8 Å². The molecule has 0 unspecified atom stereocenters. The van der Waals surface area contributed by atoms with E-state index < -0.39 is 17.7 Å². The molecule has 4 nitrogen and oxygen atoms in total. The minimum Gasteiger partial charge on any atom is -0.396 e. The van der Waals surface area contributed by atoms with Crippen LogP contribution in [0.2, 0.25) is 0 Å². The maximum absolute atomic E-state index is 13.3. The molecular weight excluding hydrogens is 278 g/mol. The van der Waals surface area contributed by atoms with Crippen molar-refractivity contribution in [1.82, 2.24) is 10.6 Å². The van der Waals surface area contributed by atoms with Crippen molar-refractivity contribution in [1.29, 1.82) is 0 Å². The number of amides is 2. The number of carbonyl (C=O) groups excluding carboxylic acids is 1. The molecule has 21 heavy (non-hydrogen) atoms. The van der Waals surface area contributed by atoms with Crippen molar-refractivity contribution in [2.75, 3.05) is 13.2 Å². The summed E-state index contributed by atoms with van der Waals surface area (Å²) in [6, 6.07) is 2.68. The first-order valence-corrected chi connectivity index (χ1v) is 6.90. The third-order valence-corrected chi connectivity index (χ3v) is 3.19. The van der Waals surface area contributed by atoms with Crippen LogP contribution in [0.5, 0.6) is 0 Å². The predicted octanol–water partition coefficient (Wildman–Crippen LogP) is 2.56. The van der Waals surface area contributed by atoms with E-state index in [-0.39, 0.29) is 24.1 Å². The molecule has 0 saturated heterocycles. The van der Waals surface area contributed by atoms with Gasteiger partial charge in [-0.1, -0.05) is 13.8 Å². The number of carbonyl (C=O) groups is 1. The molecule has 0 heterocycles. The second kappa shape index (κ2) is 7.93. The van der Waals surface area contributed by atoms with Gasteiger partial charge in [-0.15, -0.1) is 0 Å². The van der Waals surface area contributed by atoms with Gasteiger partial charge in [-0.05, 0) is 36.5 Å². The fraction of sp³-hybridized carbons (Fsp3) is 0.533. The largest absolute Gasteiger partial charge is 0.396 e. The Balaban J connectivity index is 2.27. The fourth-order valence-electron chi connectivity index (χ4n) is 1.76. The fourth-order valence-corrected chi connectivity index (χ4v) is 1.76. The van der Waals surface area contributed by atoms with E-state index in [0.717, 1.165) is 31.0 Å². The quantitative estimate of drug-likeness (QED) is 0.678. The van der Waals surface area contributed by atoms with E-state index in [1.54, 1.807) is 0 Å². The van der Waals surface area contributed by atoms with Crippen LogP contribution < -0.4 is 10.6 Å². The molecule has 0 aliphatic carbocycles. The molecule has 0 fully saturated rings. The molecule has 0 aliphatic heterocycles. The number of nitrogens with one attached hydrogen (secondary N) is 2. The molecule has 0 saturated carbocycles. The first-order valence-electron chi connectivity index (χ1n) is 6.90. The van der Waals surface area contributed by atoms with Crippen molar-refractivity contribution in [2.24, 2.45) is 5.41 Å². The maximum Gasteiger partial charge on any atom is 0.315 e. The summed E-state index contributed by atoms with van der Waals surface area (Å²) in [5.41, 5.74) is -0.0605. The van der Waals surface area contributed by atoms with Gasteiger partial charge in [-0.2, -0.15) is 0 Å². The zero-order chi connectivity index (χ0) is 15.9. The first-order chi connectivity index (χ1) is 9.84. The van der Waals surface area contributed by atoms with Crippen LogP contribution in [0.3, 0.4) is 0 Å². The van der Waals surface area contributed by atoms with E-state index in [2.05, 4.69) is 10.6 Å². The van der Waals surface area contributed by atoms with Crippen molar-refractivity contribution in [2.45, 2.75) is 33.2 Å². The summed E-state index contributed by atoms with van der Waals surface area (Å²) in [5.74, 6) is -1.10. The van der Waals surface area contributed by atoms with Crippen LogP contribution in [0.15, 0.2) is 18.2 Å².